The van der Waals surface area contributed by atoms with Gasteiger partial charge in [-0.25, -0.2) is 0 Å². The Labute approximate surface area is 194 Å². The average molecular weight is 469 g/mol. The third-order valence-electron chi connectivity index (χ3n) is 6.10. The van der Waals surface area contributed by atoms with Crippen LogP contribution in [0.5, 0.6) is 0 Å². The molecule has 2 aromatic carbocycles. The van der Waals surface area contributed by atoms with Gasteiger partial charge in [0.1, 0.15) is 12.0 Å². The molecule has 174 valence electrons. The van der Waals surface area contributed by atoms with Crippen molar-refractivity contribution in [2.24, 2.45) is 11.8 Å². The number of rotatable bonds is 7. The van der Waals surface area contributed by atoms with Crippen LogP contribution in [0.15, 0.2) is 84.1 Å². The molecule has 8 heteroatoms. The Hall–Kier alpha value is -2.78. The molecule has 1 heterocycles. The van der Waals surface area contributed by atoms with Gasteiger partial charge in [0.25, 0.3) is 10.2 Å². The van der Waals surface area contributed by atoms with Crippen molar-refractivity contribution in [2.75, 3.05) is 6.54 Å². The number of Topliss-reactive ketones (excluding diaryl/α,β-unsaturated/α-hetero) is 1. The van der Waals surface area contributed by atoms with E-state index in [1.807, 2.05) is 61.5 Å². The number of ketones is 1. The van der Waals surface area contributed by atoms with Crippen molar-refractivity contribution in [2.45, 2.75) is 32.0 Å². The number of carbonyl (C=O) groups is 1. The fourth-order valence-corrected chi connectivity index (χ4v) is 6.14. The molecule has 1 saturated heterocycles. The highest BCUT2D eigenvalue weighted by Crippen LogP contribution is 2.33. The minimum absolute atomic E-state index is 0.0254. The van der Waals surface area contributed by atoms with Crippen LogP contribution in [0.4, 0.5) is 0 Å². The average Bonchev–Trinajstić information content (AvgIpc) is 3.05. The van der Waals surface area contributed by atoms with E-state index in [4.69, 9.17) is 0 Å². The monoisotopic (exact) mass is 468 g/mol. The highest BCUT2D eigenvalue weighted by molar-refractivity contribution is 7.87. The van der Waals surface area contributed by atoms with Crippen LogP contribution in [0, 0.1) is 11.8 Å². The number of benzene rings is 2. The molecule has 0 bridgehead atoms. The Morgan fingerprint density at radius 2 is 1.73 bits per heavy atom. The normalized spacial score (nSPS) is 25.8. The molecular formula is C25H28N2O5S. The zero-order chi connectivity index (χ0) is 23.6. The Morgan fingerprint density at radius 1 is 1.09 bits per heavy atom. The molecule has 1 aliphatic heterocycles. The summed E-state index contributed by atoms with van der Waals surface area (Å²) in [6.45, 7) is 1.68. The minimum atomic E-state index is -3.88. The molecule has 0 aromatic heterocycles. The van der Waals surface area contributed by atoms with Crippen LogP contribution in [-0.4, -0.2) is 47.5 Å². The Bertz CT molecular complexity index is 1160. The molecule has 0 radical (unpaired) electrons. The van der Waals surface area contributed by atoms with Crippen molar-refractivity contribution in [1.29, 1.82) is 0 Å². The molecule has 0 amide bonds. The van der Waals surface area contributed by atoms with Crippen molar-refractivity contribution in [3.05, 3.63) is 95.3 Å². The first-order chi connectivity index (χ1) is 15.7. The van der Waals surface area contributed by atoms with E-state index in [-0.39, 0.29) is 29.9 Å². The van der Waals surface area contributed by atoms with Crippen LogP contribution >= 0.6 is 0 Å². The third kappa shape index (κ3) is 5.25. The number of carbonyl (C=O) groups excluding carboxylic acids is 1. The zero-order valence-corrected chi connectivity index (χ0v) is 19.2. The third-order valence-corrected chi connectivity index (χ3v) is 7.67. The van der Waals surface area contributed by atoms with Crippen molar-refractivity contribution in [3.63, 3.8) is 0 Å². The summed E-state index contributed by atoms with van der Waals surface area (Å²) < 4.78 is 27.9. The molecule has 4 rings (SSSR count). The van der Waals surface area contributed by atoms with Crippen LogP contribution in [-0.2, 0) is 16.6 Å². The van der Waals surface area contributed by atoms with E-state index in [0.717, 1.165) is 15.4 Å². The van der Waals surface area contributed by atoms with Crippen LogP contribution < -0.4 is 4.72 Å². The number of aliphatic hydroxyl groups excluding tert-OH is 2. The maximum absolute atomic E-state index is 13.3. The quantitative estimate of drug-likeness (QED) is 0.542. The molecular weight excluding hydrogens is 440 g/mol. The van der Waals surface area contributed by atoms with Crippen LogP contribution in [0.2, 0.25) is 0 Å². The molecule has 3 N–H and O–H groups in total. The summed E-state index contributed by atoms with van der Waals surface area (Å²) in [5, 5.41) is 20.5. The fourth-order valence-electron chi connectivity index (χ4n) is 4.65. The molecule has 33 heavy (non-hydrogen) atoms. The van der Waals surface area contributed by atoms with Crippen molar-refractivity contribution >= 4 is 16.0 Å². The topological polar surface area (TPSA) is 107 Å². The summed E-state index contributed by atoms with van der Waals surface area (Å²) in [7, 11) is -3.88. The Balaban J connectivity index is 1.58. The number of hydrogen-bond acceptors (Lipinski definition) is 5. The molecule has 7 nitrogen and oxygen atoms in total. The molecule has 1 fully saturated rings. The highest BCUT2D eigenvalue weighted by Gasteiger charge is 2.43. The molecule has 4 unspecified atom stereocenters. The summed E-state index contributed by atoms with van der Waals surface area (Å²) in [6.07, 6.45) is 3.22. The van der Waals surface area contributed by atoms with Crippen LogP contribution in [0.25, 0.3) is 0 Å². The second-order valence-electron chi connectivity index (χ2n) is 8.64. The second kappa shape index (κ2) is 9.61. The summed E-state index contributed by atoms with van der Waals surface area (Å²) in [5.41, 5.74) is 2.47. The number of nitrogens with zero attached hydrogens (tertiary/aromatic N) is 1. The summed E-state index contributed by atoms with van der Waals surface area (Å²) in [5.74, 6) is -0.744. The number of aliphatic hydroxyl groups is 2. The zero-order valence-electron chi connectivity index (χ0n) is 18.3. The van der Waals surface area contributed by atoms with Gasteiger partial charge >= 0.3 is 0 Å². The van der Waals surface area contributed by atoms with Crippen molar-refractivity contribution in [1.82, 2.24) is 9.03 Å². The smallest absolute Gasteiger partial charge is 0.282 e. The van der Waals surface area contributed by atoms with Crippen molar-refractivity contribution in [3.8, 4) is 0 Å². The SMILES string of the molecule is CC1C=C(CC(Cc2ccccc2)C(=O)c2ccccc2)C=C(O)C1N1CC(O)NS1(=O)=O. The van der Waals surface area contributed by atoms with E-state index < -0.39 is 22.5 Å². The first kappa shape index (κ1) is 23.4. The lowest BCUT2D eigenvalue weighted by Gasteiger charge is -2.32. The van der Waals surface area contributed by atoms with Gasteiger partial charge in [-0.2, -0.15) is 17.4 Å². The minimum Gasteiger partial charge on any atom is -0.511 e. The Kier molecular flexibility index (Phi) is 6.81. The molecule has 2 aromatic rings. The lowest BCUT2D eigenvalue weighted by molar-refractivity contribution is 0.0918. The molecule has 0 spiro atoms. The Morgan fingerprint density at radius 3 is 2.30 bits per heavy atom. The van der Waals surface area contributed by atoms with E-state index in [1.165, 1.54) is 0 Å². The van der Waals surface area contributed by atoms with E-state index >= 15 is 0 Å². The van der Waals surface area contributed by atoms with Gasteiger partial charge in [0.2, 0.25) is 0 Å². The fraction of sp³-hybridized carbons (Fsp3) is 0.320. The van der Waals surface area contributed by atoms with E-state index in [2.05, 4.69) is 4.72 Å². The van der Waals surface area contributed by atoms with E-state index in [9.17, 15) is 23.4 Å². The maximum Gasteiger partial charge on any atom is 0.282 e. The van der Waals surface area contributed by atoms with Gasteiger partial charge in [-0.15, -0.1) is 0 Å². The predicted octanol–water partition coefficient (Wildman–Crippen LogP) is 2.97. The first-order valence-corrected chi connectivity index (χ1v) is 12.4. The highest BCUT2D eigenvalue weighted by atomic mass is 32.2. The van der Waals surface area contributed by atoms with Gasteiger partial charge < -0.3 is 10.2 Å². The van der Waals surface area contributed by atoms with Crippen LogP contribution in [0.3, 0.4) is 0 Å². The first-order valence-electron chi connectivity index (χ1n) is 11.0. The summed E-state index contributed by atoms with van der Waals surface area (Å²) >= 11 is 0. The second-order valence-corrected chi connectivity index (χ2v) is 10.3. The lowest BCUT2D eigenvalue weighted by Crippen LogP contribution is -2.44. The van der Waals surface area contributed by atoms with Gasteiger partial charge in [-0.1, -0.05) is 73.7 Å². The molecule has 2 aliphatic rings. The molecule has 0 saturated carbocycles. The lowest BCUT2D eigenvalue weighted by atomic mass is 9.82. The van der Waals surface area contributed by atoms with E-state index in [1.54, 1.807) is 18.2 Å². The number of β-amino-alcohol motifs (C(OH)–C–C–N with tert-alkyl or cyclic N) is 1. The number of allylic oxidation sites excluding steroid dienone is 2. The largest absolute Gasteiger partial charge is 0.511 e. The standard InChI is InChI=1S/C25H28N2O5S/c1-17-12-19(15-22(28)24(17)27-16-23(29)26-33(27,31)32)14-21(13-18-8-4-2-5-9-18)25(30)20-10-6-3-7-11-20/h2-12,15,17,21,23-24,26,28-29H,13-14,16H2,1H3. The predicted molar refractivity (Wildman–Crippen MR) is 126 cm³/mol. The summed E-state index contributed by atoms with van der Waals surface area (Å²) in [6, 6.07) is 18.1. The van der Waals surface area contributed by atoms with Gasteiger partial charge in [0.05, 0.1) is 12.6 Å². The van der Waals surface area contributed by atoms with E-state index in [0.29, 0.717) is 18.4 Å². The van der Waals surface area contributed by atoms with Gasteiger partial charge in [0.15, 0.2) is 5.78 Å². The summed E-state index contributed by atoms with van der Waals surface area (Å²) in [4.78, 5) is 13.3. The number of hydrogen-bond donors (Lipinski definition) is 3. The van der Waals surface area contributed by atoms with Gasteiger partial charge in [-0.3, -0.25) is 4.79 Å². The number of nitrogens with one attached hydrogen (secondary N) is 1. The van der Waals surface area contributed by atoms with Crippen molar-refractivity contribution < 1.29 is 23.4 Å². The van der Waals surface area contributed by atoms with Gasteiger partial charge in [0, 0.05) is 11.5 Å². The molecule has 1 aliphatic carbocycles. The molecule has 4 atom stereocenters. The maximum atomic E-state index is 13.3. The van der Waals surface area contributed by atoms with Crippen LogP contribution in [0.1, 0.15) is 29.3 Å². The van der Waals surface area contributed by atoms with Gasteiger partial charge in [-0.05, 0) is 36.0 Å².